The molecule has 0 saturated heterocycles. The van der Waals surface area contributed by atoms with Crippen LogP contribution in [-0.4, -0.2) is 16.5 Å². The van der Waals surface area contributed by atoms with Gasteiger partial charge in [-0.05, 0) is 19.4 Å². The molecule has 0 unspecified atom stereocenters. The molecule has 0 aliphatic heterocycles. The molecule has 0 aliphatic rings. The van der Waals surface area contributed by atoms with Gasteiger partial charge in [-0.25, -0.2) is 9.97 Å². The number of nitrogens with zero attached hydrogens (tertiary/aromatic N) is 2. The van der Waals surface area contributed by atoms with E-state index in [2.05, 4.69) is 44.2 Å². The van der Waals surface area contributed by atoms with E-state index in [1.165, 1.54) is 0 Å². The highest BCUT2D eigenvalue weighted by Gasteiger charge is 2.10. The molecule has 3 nitrogen and oxygen atoms in total. The Morgan fingerprint density at radius 3 is 2.72 bits per heavy atom. The topological polar surface area (TPSA) is 37.8 Å². The molecule has 0 fully saturated rings. The van der Waals surface area contributed by atoms with Gasteiger partial charge in [0, 0.05) is 22.1 Å². The molecule has 0 spiro atoms. The van der Waals surface area contributed by atoms with Crippen molar-refractivity contribution in [2.24, 2.45) is 0 Å². The average Bonchev–Trinajstić information content (AvgIpc) is 2.39. The largest absolute Gasteiger partial charge is 0.370 e. The van der Waals surface area contributed by atoms with Gasteiger partial charge in [-0.15, -0.1) is 0 Å². The van der Waals surface area contributed by atoms with E-state index < -0.39 is 0 Å². The van der Waals surface area contributed by atoms with Crippen LogP contribution in [0.2, 0.25) is 0 Å². The molecule has 1 heterocycles. The van der Waals surface area contributed by atoms with Crippen molar-refractivity contribution >= 4 is 21.7 Å². The first-order valence-corrected chi connectivity index (χ1v) is 6.83. The van der Waals surface area contributed by atoms with E-state index in [0.717, 1.165) is 40.1 Å². The maximum atomic E-state index is 4.40. The van der Waals surface area contributed by atoms with Crippen LogP contribution in [0, 0.1) is 6.92 Å². The highest BCUT2D eigenvalue weighted by atomic mass is 79.9. The minimum atomic E-state index is 0.914. The summed E-state index contributed by atoms with van der Waals surface area (Å²) in [5, 5.41) is 3.33. The normalized spacial score (nSPS) is 10.4. The smallest absolute Gasteiger partial charge is 0.132 e. The predicted octanol–water partition coefficient (Wildman–Crippen LogP) is 4.04. The fourth-order valence-corrected chi connectivity index (χ4v) is 2.27. The second-order valence-electron chi connectivity index (χ2n) is 4.10. The lowest BCUT2D eigenvalue weighted by atomic mass is 10.1. The molecular formula is C14H16BrN3. The maximum absolute atomic E-state index is 4.40. The Morgan fingerprint density at radius 2 is 2.00 bits per heavy atom. The van der Waals surface area contributed by atoms with Gasteiger partial charge >= 0.3 is 0 Å². The molecule has 18 heavy (non-hydrogen) atoms. The summed E-state index contributed by atoms with van der Waals surface area (Å²) in [4.78, 5) is 8.69. The zero-order chi connectivity index (χ0) is 13.0. The van der Waals surface area contributed by atoms with E-state index in [1.807, 2.05) is 25.1 Å². The Morgan fingerprint density at radius 1 is 1.22 bits per heavy atom. The van der Waals surface area contributed by atoms with Crippen molar-refractivity contribution in [3.8, 4) is 11.3 Å². The standard InChI is InChI=1S/C14H16BrN3/c1-3-8-16-14-10(2)13(17-9-18-14)11-6-4-5-7-12(11)15/h4-7,9H,3,8H2,1-2H3,(H,16,17,18). The SMILES string of the molecule is CCCNc1ncnc(-c2ccccc2Br)c1C. The van der Waals surface area contributed by atoms with Gasteiger partial charge in [-0.3, -0.25) is 0 Å². The molecule has 2 rings (SSSR count). The van der Waals surface area contributed by atoms with Crippen molar-refractivity contribution < 1.29 is 0 Å². The molecule has 0 amide bonds. The van der Waals surface area contributed by atoms with Crippen molar-refractivity contribution in [1.29, 1.82) is 0 Å². The molecule has 0 saturated carbocycles. The van der Waals surface area contributed by atoms with Crippen molar-refractivity contribution in [2.75, 3.05) is 11.9 Å². The molecule has 0 aliphatic carbocycles. The zero-order valence-corrected chi connectivity index (χ0v) is 12.2. The van der Waals surface area contributed by atoms with Gasteiger partial charge in [-0.2, -0.15) is 0 Å². The van der Waals surface area contributed by atoms with Crippen LogP contribution in [0.3, 0.4) is 0 Å². The number of hydrogen-bond acceptors (Lipinski definition) is 3. The zero-order valence-electron chi connectivity index (χ0n) is 10.6. The van der Waals surface area contributed by atoms with Gasteiger partial charge in [0.25, 0.3) is 0 Å². The molecular weight excluding hydrogens is 290 g/mol. The summed E-state index contributed by atoms with van der Waals surface area (Å²) in [6.07, 6.45) is 2.69. The maximum Gasteiger partial charge on any atom is 0.132 e. The molecule has 0 atom stereocenters. The number of hydrogen-bond donors (Lipinski definition) is 1. The number of aromatic nitrogens is 2. The third-order valence-electron chi connectivity index (χ3n) is 2.76. The van der Waals surface area contributed by atoms with E-state index >= 15 is 0 Å². The van der Waals surface area contributed by atoms with Crippen LogP contribution in [-0.2, 0) is 0 Å². The van der Waals surface area contributed by atoms with Crippen LogP contribution in [0.5, 0.6) is 0 Å². The van der Waals surface area contributed by atoms with Crippen LogP contribution >= 0.6 is 15.9 Å². The molecule has 4 heteroatoms. The van der Waals surface area contributed by atoms with E-state index in [0.29, 0.717) is 0 Å². The Labute approximate surface area is 116 Å². The minimum absolute atomic E-state index is 0.914. The highest BCUT2D eigenvalue weighted by Crippen LogP contribution is 2.30. The van der Waals surface area contributed by atoms with E-state index in [4.69, 9.17) is 0 Å². The molecule has 1 N–H and O–H groups in total. The van der Waals surface area contributed by atoms with Gasteiger partial charge in [-0.1, -0.05) is 41.1 Å². The summed E-state index contributed by atoms with van der Waals surface area (Å²) in [5.41, 5.74) is 3.14. The molecule has 2 aromatic rings. The number of nitrogens with one attached hydrogen (secondary N) is 1. The van der Waals surface area contributed by atoms with E-state index in [9.17, 15) is 0 Å². The number of halogens is 1. The lowest BCUT2D eigenvalue weighted by Crippen LogP contribution is -2.05. The van der Waals surface area contributed by atoms with Gasteiger partial charge in [0.05, 0.1) is 5.69 Å². The fraction of sp³-hybridized carbons (Fsp3) is 0.286. The Balaban J connectivity index is 2.43. The van der Waals surface area contributed by atoms with Crippen molar-refractivity contribution in [1.82, 2.24) is 9.97 Å². The van der Waals surface area contributed by atoms with Crippen LogP contribution in [0.1, 0.15) is 18.9 Å². The summed E-state index contributed by atoms with van der Waals surface area (Å²) < 4.78 is 1.05. The second-order valence-corrected chi connectivity index (χ2v) is 4.96. The third kappa shape index (κ3) is 2.70. The van der Waals surface area contributed by atoms with Gasteiger partial charge in [0.1, 0.15) is 12.1 Å². The summed E-state index contributed by atoms with van der Waals surface area (Å²) in [6.45, 7) is 5.11. The van der Waals surface area contributed by atoms with E-state index in [1.54, 1.807) is 6.33 Å². The summed E-state index contributed by atoms with van der Waals surface area (Å²) in [5.74, 6) is 0.914. The summed E-state index contributed by atoms with van der Waals surface area (Å²) in [6, 6.07) is 8.10. The highest BCUT2D eigenvalue weighted by molar-refractivity contribution is 9.10. The van der Waals surface area contributed by atoms with Crippen molar-refractivity contribution in [2.45, 2.75) is 20.3 Å². The molecule has 0 bridgehead atoms. The van der Waals surface area contributed by atoms with Crippen molar-refractivity contribution in [3.63, 3.8) is 0 Å². The Bertz CT molecular complexity index is 540. The van der Waals surface area contributed by atoms with Crippen LogP contribution in [0.4, 0.5) is 5.82 Å². The van der Waals surface area contributed by atoms with Gasteiger partial charge in [0.2, 0.25) is 0 Å². The third-order valence-corrected chi connectivity index (χ3v) is 3.45. The monoisotopic (exact) mass is 305 g/mol. The Kier molecular flexibility index (Phi) is 4.31. The van der Waals surface area contributed by atoms with Crippen LogP contribution in [0.25, 0.3) is 11.3 Å². The number of anilines is 1. The first-order chi connectivity index (χ1) is 8.74. The summed E-state index contributed by atoms with van der Waals surface area (Å²) in [7, 11) is 0. The first kappa shape index (κ1) is 13.0. The average molecular weight is 306 g/mol. The van der Waals surface area contributed by atoms with Gasteiger partial charge in [0.15, 0.2) is 0 Å². The van der Waals surface area contributed by atoms with E-state index in [-0.39, 0.29) is 0 Å². The molecule has 0 radical (unpaired) electrons. The predicted molar refractivity (Wildman–Crippen MR) is 78.7 cm³/mol. The number of benzene rings is 1. The molecule has 94 valence electrons. The second kappa shape index (κ2) is 5.96. The lowest BCUT2D eigenvalue weighted by Gasteiger charge is -2.11. The number of rotatable bonds is 4. The Hall–Kier alpha value is -1.42. The fourth-order valence-electron chi connectivity index (χ4n) is 1.80. The molecule has 1 aromatic heterocycles. The quantitative estimate of drug-likeness (QED) is 0.926. The van der Waals surface area contributed by atoms with Crippen molar-refractivity contribution in [3.05, 3.63) is 40.6 Å². The van der Waals surface area contributed by atoms with Crippen LogP contribution < -0.4 is 5.32 Å². The minimum Gasteiger partial charge on any atom is -0.370 e. The molecule has 1 aromatic carbocycles. The lowest BCUT2D eigenvalue weighted by molar-refractivity contribution is 0.960. The summed E-state index contributed by atoms with van der Waals surface area (Å²) >= 11 is 3.56. The first-order valence-electron chi connectivity index (χ1n) is 6.04. The van der Waals surface area contributed by atoms with Crippen LogP contribution in [0.15, 0.2) is 35.1 Å². The van der Waals surface area contributed by atoms with Gasteiger partial charge < -0.3 is 5.32 Å².